The average molecular weight is 263 g/mol. The highest BCUT2D eigenvalue weighted by atomic mass is 16.5. The van der Waals surface area contributed by atoms with Crippen LogP contribution >= 0.6 is 0 Å². The zero-order valence-electron chi connectivity index (χ0n) is 11.2. The van der Waals surface area contributed by atoms with Gasteiger partial charge in [-0.05, 0) is 25.0 Å². The van der Waals surface area contributed by atoms with Gasteiger partial charge in [-0.3, -0.25) is 0 Å². The van der Waals surface area contributed by atoms with Gasteiger partial charge in [0.05, 0.1) is 6.61 Å². The minimum Gasteiger partial charge on any atom is -0.447 e. The first-order valence-electron chi connectivity index (χ1n) is 5.93. The molecule has 0 fully saturated rings. The summed E-state index contributed by atoms with van der Waals surface area (Å²) in [6.45, 7) is 5.98. The Labute approximate surface area is 111 Å². The Balaban J connectivity index is 2.42. The molecular weight excluding hydrogens is 246 g/mol. The molecule has 1 N–H and O–H groups in total. The number of rotatable bonds is 3. The topological polar surface area (TPSA) is 80.1 Å². The number of hydrogen-bond acceptors (Lipinski definition) is 3. The van der Waals surface area contributed by atoms with Crippen LogP contribution in [0.4, 0.5) is 15.3 Å². The summed E-state index contributed by atoms with van der Waals surface area (Å²) in [7, 11) is 0. The quantitative estimate of drug-likeness (QED) is 0.843. The Morgan fingerprint density at radius 3 is 2.42 bits per heavy atom. The second-order valence-corrected chi connectivity index (χ2v) is 4.47. The minimum absolute atomic E-state index is 0.209. The van der Waals surface area contributed by atoms with Crippen molar-refractivity contribution in [2.75, 3.05) is 11.9 Å². The van der Waals surface area contributed by atoms with Crippen molar-refractivity contribution >= 4 is 17.8 Å². The van der Waals surface area contributed by atoms with Crippen molar-refractivity contribution in [3.63, 3.8) is 0 Å². The highest BCUT2D eigenvalue weighted by Crippen LogP contribution is 2.08. The molecule has 102 valence electrons. The summed E-state index contributed by atoms with van der Waals surface area (Å²) < 4.78 is 4.74. The standard InChI is InChI=1S/C13H17N3O3/c1-9(2)8-19-13(18)16-15-12(17)14-11-6-4-10(3)5-7-11/h4-7,9H,8H2,1-3H3,(H,14,17)/b16-15+. The number of anilines is 1. The number of carbonyl (C=O) groups excluding carboxylic acids is 2. The molecular formula is C13H17N3O3. The van der Waals surface area contributed by atoms with Gasteiger partial charge in [0.1, 0.15) is 0 Å². The molecule has 0 aliphatic rings. The van der Waals surface area contributed by atoms with Crippen LogP contribution in [0.1, 0.15) is 19.4 Å². The van der Waals surface area contributed by atoms with Crippen molar-refractivity contribution < 1.29 is 14.3 Å². The summed E-state index contributed by atoms with van der Waals surface area (Å²) in [4.78, 5) is 22.4. The molecule has 6 heteroatoms. The zero-order chi connectivity index (χ0) is 14.3. The molecule has 0 unspecified atom stereocenters. The van der Waals surface area contributed by atoms with E-state index in [9.17, 15) is 9.59 Å². The molecule has 6 nitrogen and oxygen atoms in total. The van der Waals surface area contributed by atoms with Crippen molar-refractivity contribution in [3.05, 3.63) is 29.8 Å². The van der Waals surface area contributed by atoms with Crippen molar-refractivity contribution in [2.45, 2.75) is 20.8 Å². The first-order valence-corrected chi connectivity index (χ1v) is 5.93. The summed E-state index contributed by atoms with van der Waals surface area (Å²) in [5, 5.41) is 8.86. The van der Waals surface area contributed by atoms with Crippen molar-refractivity contribution in [1.82, 2.24) is 0 Å². The van der Waals surface area contributed by atoms with Crippen LogP contribution in [0.5, 0.6) is 0 Å². The molecule has 0 aliphatic carbocycles. The van der Waals surface area contributed by atoms with Crippen LogP contribution in [0.3, 0.4) is 0 Å². The van der Waals surface area contributed by atoms with Crippen LogP contribution in [0.25, 0.3) is 0 Å². The maximum atomic E-state index is 11.4. The molecule has 0 bridgehead atoms. The predicted octanol–water partition coefficient (Wildman–Crippen LogP) is 3.77. The van der Waals surface area contributed by atoms with E-state index in [-0.39, 0.29) is 12.5 Å². The molecule has 0 aromatic heterocycles. The predicted molar refractivity (Wildman–Crippen MR) is 71.2 cm³/mol. The van der Waals surface area contributed by atoms with Gasteiger partial charge < -0.3 is 10.1 Å². The molecule has 1 aromatic carbocycles. The monoisotopic (exact) mass is 263 g/mol. The fraction of sp³-hybridized carbons (Fsp3) is 0.385. The molecule has 0 saturated carbocycles. The number of benzene rings is 1. The van der Waals surface area contributed by atoms with Gasteiger partial charge in [-0.2, -0.15) is 0 Å². The molecule has 0 radical (unpaired) electrons. The van der Waals surface area contributed by atoms with Gasteiger partial charge in [-0.1, -0.05) is 41.8 Å². The van der Waals surface area contributed by atoms with Gasteiger partial charge in [0, 0.05) is 5.69 Å². The van der Waals surface area contributed by atoms with Crippen LogP contribution in [0.15, 0.2) is 34.5 Å². The summed E-state index contributed by atoms with van der Waals surface area (Å²) in [6.07, 6.45) is -0.868. The van der Waals surface area contributed by atoms with Crippen LogP contribution in [0.2, 0.25) is 0 Å². The third-order valence-corrected chi connectivity index (χ3v) is 2.07. The van der Waals surface area contributed by atoms with E-state index >= 15 is 0 Å². The normalized spacial score (nSPS) is 10.7. The summed E-state index contributed by atoms with van der Waals surface area (Å²) >= 11 is 0. The highest BCUT2D eigenvalue weighted by Gasteiger charge is 2.04. The first-order chi connectivity index (χ1) is 8.97. The largest absolute Gasteiger partial charge is 0.452 e. The lowest BCUT2D eigenvalue weighted by atomic mass is 10.2. The average Bonchev–Trinajstić information content (AvgIpc) is 2.36. The molecule has 3 amide bonds. The van der Waals surface area contributed by atoms with E-state index in [2.05, 4.69) is 15.5 Å². The van der Waals surface area contributed by atoms with Crippen molar-refractivity contribution in [3.8, 4) is 0 Å². The van der Waals surface area contributed by atoms with E-state index in [0.29, 0.717) is 5.69 Å². The number of carbonyl (C=O) groups is 2. The molecule has 0 heterocycles. The van der Waals surface area contributed by atoms with Gasteiger partial charge in [0.25, 0.3) is 0 Å². The molecule has 19 heavy (non-hydrogen) atoms. The number of nitrogens with zero attached hydrogens (tertiary/aromatic N) is 2. The third-order valence-electron chi connectivity index (χ3n) is 2.07. The number of hydrogen-bond donors (Lipinski definition) is 1. The number of amides is 3. The van der Waals surface area contributed by atoms with E-state index < -0.39 is 12.1 Å². The Kier molecular flexibility index (Phi) is 5.66. The molecule has 1 rings (SSSR count). The fourth-order valence-electron chi connectivity index (χ4n) is 1.14. The maximum absolute atomic E-state index is 11.4. The lowest BCUT2D eigenvalue weighted by Crippen LogP contribution is -2.08. The van der Waals surface area contributed by atoms with Crippen LogP contribution in [0, 0.1) is 12.8 Å². The Morgan fingerprint density at radius 2 is 1.84 bits per heavy atom. The highest BCUT2D eigenvalue weighted by molar-refractivity contribution is 5.90. The van der Waals surface area contributed by atoms with Gasteiger partial charge in [0.2, 0.25) is 0 Å². The lowest BCUT2D eigenvalue weighted by molar-refractivity contribution is 0.141. The Hall–Kier alpha value is -2.24. The Morgan fingerprint density at radius 1 is 1.21 bits per heavy atom. The van der Waals surface area contributed by atoms with Crippen LogP contribution in [-0.4, -0.2) is 18.7 Å². The van der Waals surface area contributed by atoms with E-state index in [1.54, 1.807) is 12.1 Å². The first kappa shape index (κ1) is 14.8. The second kappa shape index (κ2) is 7.25. The molecule has 0 aliphatic heterocycles. The van der Waals surface area contributed by atoms with Crippen molar-refractivity contribution in [2.24, 2.45) is 16.1 Å². The smallest absolute Gasteiger partial charge is 0.447 e. The number of azo groups is 1. The van der Waals surface area contributed by atoms with E-state index in [1.165, 1.54) is 0 Å². The van der Waals surface area contributed by atoms with E-state index in [0.717, 1.165) is 5.56 Å². The third kappa shape index (κ3) is 6.30. The lowest BCUT2D eigenvalue weighted by Gasteiger charge is -2.03. The number of urea groups is 1. The number of aryl methyl sites for hydroxylation is 1. The van der Waals surface area contributed by atoms with Gasteiger partial charge in [0.15, 0.2) is 0 Å². The summed E-state index contributed by atoms with van der Waals surface area (Å²) in [5.74, 6) is 0.209. The van der Waals surface area contributed by atoms with Crippen LogP contribution in [-0.2, 0) is 4.74 Å². The zero-order valence-corrected chi connectivity index (χ0v) is 11.2. The van der Waals surface area contributed by atoms with E-state index in [1.807, 2.05) is 32.9 Å². The minimum atomic E-state index is -0.868. The van der Waals surface area contributed by atoms with Gasteiger partial charge >= 0.3 is 12.1 Å². The Bertz CT molecular complexity index is 467. The SMILES string of the molecule is Cc1ccc(NC(=O)/N=N/C(=O)OCC(C)C)cc1. The number of ether oxygens (including phenoxy) is 1. The molecule has 1 aromatic rings. The number of nitrogens with one attached hydrogen (secondary N) is 1. The van der Waals surface area contributed by atoms with Gasteiger partial charge in [-0.15, -0.1) is 0 Å². The van der Waals surface area contributed by atoms with Gasteiger partial charge in [-0.25, -0.2) is 9.59 Å². The molecule has 0 saturated heterocycles. The maximum Gasteiger partial charge on any atom is 0.452 e. The summed E-state index contributed by atoms with van der Waals surface area (Å²) in [6, 6.07) is 6.46. The summed E-state index contributed by atoms with van der Waals surface area (Å²) in [5.41, 5.74) is 1.67. The second-order valence-electron chi connectivity index (χ2n) is 4.47. The van der Waals surface area contributed by atoms with Crippen molar-refractivity contribution in [1.29, 1.82) is 0 Å². The molecule has 0 atom stereocenters. The van der Waals surface area contributed by atoms with E-state index in [4.69, 9.17) is 4.74 Å². The fourth-order valence-corrected chi connectivity index (χ4v) is 1.14. The molecule has 0 spiro atoms. The van der Waals surface area contributed by atoms with Crippen LogP contribution < -0.4 is 5.32 Å².